The van der Waals surface area contributed by atoms with E-state index in [0.29, 0.717) is 11.1 Å². The van der Waals surface area contributed by atoms with E-state index in [9.17, 15) is 35.1 Å². The fraction of sp³-hybridized carbons (Fsp3) is 0.433. The van der Waals surface area contributed by atoms with Crippen molar-refractivity contribution in [2.75, 3.05) is 14.1 Å². The molecule has 2 aliphatic heterocycles. The van der Waals surface area contributed by atoms with Crippen LogP contribution in [0.1, 0.15) is 74.8 Å². The van der Waals surface area contributed by atoms with Crippen LogP contribution in [0.4, 0.5) is 0 Å². The van der Waals surface area contributed by atoms with Crippen LogP contribution in [0.15, 0.2) is 30.9 Å². The van der Waals surface area contributed by atoms with Crippen molar-refractivity contribution in [2.24, 2.45) is 0 Å². The van der Waals surface area contributed by atoms with Crippen LogP contribution in [0.2, 0.25) is 0 Å². The molecule has 12 nitrogen and oxygen atoms in total. The minimum Gasteiger partial charge on any atom is -0.507 e. The first-order valence-corrected chi connectivity index (χ1v) is 13.7. The fourth-order valence-electron chi connectivity index (χ4n) is 7.30. The van der Waals surface area contributed by atoms with Gasteiger partial charge in [0, 0.05) is 41.9 Å². The number of phenolic OH excluding ortho intramolecular Hbond substituents is 2. The number of hydrogen-bond donors (Lipinski definition) is 5. The molecule has 12 heteroatoms. The SMILES string of the molecule is CN(C)[C@H]1[C@H](O)[C@@H]2Oc3c(cc(O)c4c3C(=O)c3cc5c(c(O)c3C4=O)C(n3ccnc3)C[C@](C)(O)C5)[C@@](C)(O2)[C@@H]1O. The maximum Gasteiger partial charge on any atom is 0.228 e. The largest absolute Gasteiger partial charge is 0.507 e. The number of benzene rings is 2. The van der Waals surface area contributed by atoms with Gasteiger partial charge in [-0.25, -0.2) is 4.98 Å². The molecule has 1 unspecified atom stereocenters. The highest BCUT2D eigenvalue weighted by Gasteiger charge is 2.59. The molecule has 2 aromatic carbocycles. The Morgan fingerprint density at radius 1 is 1.07 bits per heavy atom. The Morgan fingerprint density at radius 3 is 2.48 bits per heavy atom. The second-order valence-electron chi connectivity index (χ2n) is 12.4. The number of ether oxygens (including phenoxy) is 2. The van der Waals surface area contributed by atoms with E-state index in [1.165, 1.54) is 12.1 Å². The second-order valence-corrected chi connectivity index (χ2v) is 12.4. The maximum absolute atomic E-state index is 14.2. The van der Waals surface area contributed by atoms with Crippen molar-refractivity contribution in [1.82, 2.24) is 14.5 Å². The van der Waals surface area contributed by atoms with Gasteiger partial charge >= 0.3 is 0 Å². The van der Waals surface area contributed by atoms with E-state index in [4.69, 9.17) is 9.47 Å². The molecule has 42 heavy (non-hydrogen) atoms. The first-order chi connectivity index (χ1) is 19.7. The standard InChI is InChI=1S/C30H31N3O9/c1-29(40)9-12-7-13-18(23(36)17(12)15(10-29)33-6-5-31-11-33)24(37)19-16(34)8-14-26(20(19)22(13)35)41-28-25(38)21(32(3)4)27(39)30(14,2)42-28/h5-8,11,15,21,25,27-28,34,36,38-40H,9-10H2,1-4H3/t15?,21-,25-,27+,28+,29+,30+/m0/s1. The summed E-state index contributed by atoms with van der Waals surface area (Å²) in [5.74, 6) is -2.48. The van der Waals surface area contributed by atoms with E-state index in [1.54, 1.807) is 56.1 Å². The number of aliphatic hydroxyl groups excluding tert-OH is 2. The molecular weight excluding hydrogens is 546 g/mol. The zero-order chi connectivity index (χ0) is 30.0. The van der Waals surface area contributed by atoms with Gasteiger partial charge in [0.05, 0.1) is 40.7 Å². The summed E-state index contributed by atoms with van der Waals surface area (Å²) in [6, 6.07) is 1.38. The molecule has 7 rings (SSSR count). The number of carbonyl (C=O) groups is 2. The molecule has 2 aliphatic carbocycles. The summed E-state index contributed by atoms with van der Waals surface area (Å²) in [5, 5.41) is 56.2. The van der Waals surface area contributed by atoms with Crippen LogP contribution >= 0.6 is 0 Å². The van der Waals surface area contributed by atoms with Gasteiger partial charge in [0.2, 0.25) is 12.1 Å². The molecule has 4 aliphatic rings. The molecule has 1 saturated heterocycles. The number of fused-ring (bicyclic) bond motifs is 8. The first-order valence-electron chi connectivity index (χ1n) is 13.7. The molecule has 0 saturated carbocycles. The van der Waals surface area contributed by atoms with Crippen LogP contribution in [-0.2, 0) is 16.8 Å². The quantitative estimate of drug-likeness (QED) is 0.230. The van der Waals surface area contributed by atoms with Gasteiger partial charge in [-0.05, 0) is 45.6 Å². The number of ketones is 2. The minimum absolute atomic E-state index is 0.0821. The van der Waals surface area contributed by atoms with Gasteiger partial charge in [-0.2, -0.15) is 0 Å². The molecule has 0 radical (unpaired) electrons. The lowest BCUT2D eigenvalue weighted by atomic mass is 9.72. The smallest absolute Gasteiger partial charge is 0.228 e. The van der Waals surface area contributed by atoms with Crippen LogP contribution in [0, 0.1) is 0 Å². The van der Waals surface area contributed by atoms with Gasteiger partial charge in [0.15, 0.2) is 5.78 Å². The van der Waals surface area contributed by atoms with Crippen molar-refractivity contribution in [1.29, 1.82) is 0 Å². The summed E-state index contributed by atoms with van der Waals surface area (Å²) in [7, 11) is 3.38. The first kappa shape index (κ1) is 27.0. The Bertz CT molecular complexity index is 1680. The van der Waals surface area contributed by atoms with Gasteiger partial charge in [-0.1, -0.05) is 0 Å². The summed E-state index contributed by atoms with van der Waals surface area (Å²) < 4.78 is 13.7. The molecule has 220 valence electrons. The van der Waals surface area contributed by atoms with Crippen molar-refractivity contribution in [2.45, 2.75) is 68.5 Å². The van der Waals surface area contributed by atoms with E-state index in [-0.39, 0.29) is 46.4 Å². The number of imidazole rings is 1. The summed E-state index contributed by atoms with van der Waals surface area (Å²) in [4.78, 5) is 34.0. The average Bonchev–Trinajstić information content (AvgIpc) is 3.44. The number of likely N-dealkylation sites (N-methyl/N-ethyl adjacent to an activating group) is 1. The van der Waals surface area contributed by atoms with Crippen LogP contribution in [0.5, 0.6) is 17.2 Å². The summed E-state index contributed by atoms with van der Waals surface area (Å²) in [6.45, 7) is 3.24. The van der Waals surface area contributed by atoms with Crippen LogP contribution < -0.4 is 4.74 Å². The van der Waals surface area contributed by atoms with Gasteiger partial charge in [-0.15, -0.1) is 0 Å². The third-order valence-corrected chi connectivity index (χ3v) is 9.28. The van der Waals surface area contributed by atoms with Crippen molar-refractivity contribution < 1.29 is 44.6 Å². The minimum atomic E-state index is -1.50. The molecular formula is C30H31N3O9. The molecule has 2 bridgehead atoms. The highest BCUT2D eigenvalue weighted by molar-refractivity contribution is 6.31. The number of hydrogen-bond acceptors (Lipinski definition) is 11. The normalized spacial score (nSPS) is 33.0. The van der Waals surface area contributed by atoms with E-state index in [0.717, 1.165) is 0 Å². The Kier molecular flexibility index (Phi) is 5.55. The highest BCUT2D eigenvalue weighted by atomic mass is 16.7. The van der Waals surface area contributed by atoms with Gasteiger partial charge in [-0.3, -0.25) is 9.59 Å². The second kappa shape index (κ2) is 8.62. The molecule has 3 heterocycles. The third-order valence-electron chi connectivity index (χ3n) is 9.28. The van der Waals surface area contributed by atoms with E-state index < -0.39 is 64.8 Å². The zero-order valence-electron chi connectivity index (χ0n) is 23.4. The van der Waals surface area contributed by atoms with Gasteiger partial charge < -0.3 is 44.5 Å². The lowest BCUT2D eigenvalue weighted by molar-refractivity contribution is -0.311. The van der Waals surface area contributed by atoms with E-state index in [2.05, 4.69) is 4.98 Å². The molecule has 0 amide bonds. The Labute approximate surface area is 240 Å². The maximum atomic E-state index is 14.2. The number of aromatic nitrogens is 2. The van der Waals surface area contributed by atoms with Crippen molar-refractivity contribution >= 4 is 11.6 Å². The van der Waals surface area contributed by atoms with Crippen molar-refractivity contribution in [3.8, 4) is 17.2 Å². The van der Waals surface area contributed by atoms with Crippen LogP contribution in [-0.4, -0.2) is 95.8 Å². The fourth-order valence-corrected chi connectivity index (χ4v) is 7.30. The van der Waals surface area contributed by atoms with Gasteiger partial charge in [0.25, 0.3) is 0 Å². The van der Waals surface area contributed by atoms with Crippen molar-refractivity contribution in [3.63, 3.8) is 0 Å². The topological polar surface area (TPSA) is 175 Å². The number of aliphatic hydroxyl groups is 3. The van der Waals surface area contributed by atoms with Crippen LogP contribution in [0.25, 0.3) is 0 Å². The molecule has 3 aromatic rings. The lowest BCUT2D eigenvalue weighted by Gasteiger charge is -2.53. The Balaban J connectivity index is 1.44. The number of nitrogens with zero attached hydrogens (tertiary/aromatic N) is 3. The zero-order valence-corrected chi connectivity index (χ0v) is 23.4. The number of rotatable bonds is 2. The predicted octanol–water partition coefficient (Wildman–Crippen LogP) is 0.972. The average molecular weight is 578 g/mol. The van der Waals surface area contributed by atoms with E-state index >= 15 is 0 Å². The third kappa shape index (κ3) is 3.44. The van der Waals surface area contributed by atoms with Crippen molar-refractivity contribution in [3.05, 3.63) is 69.8 Å². The summed E-state index contributed by atoms with van der Waals surface area (Å²) in [5.41, 5.74) is -2.58. The molecule has 0 spiro atoms. The lowest BCUT2D eigenvalue weighted by Crippen LogP contribution is -2.68. The Morgan fingerprint density at radius 2 is 1.81 bits per heavy atom. The predicted molar refractivity (Wildman–Crippen MR) is 145 cm³/mol. The molecule has 5 N–H and O–H groups in total. The monoisotopic (exact) mass is 577 g/mol. The molecule has 1 aromatic heterocycles. The van der Waals surface area contributed by atoms with Gasteiger partial charge in [0.1, 0.15) is 35.1 Å². The number of carbonyl (C=O) groups excluding carboxylic acids is 2. The Hall–Kier alpha value is -3.81. The number of phenols is 2. The van der Waals surface area contributed by atoms with Crippen LogP contribution in [0.3, 0.4) is 0 Å². The highest BCUT2D eigenvalue weighted by Crippen LogP contribution is 2.54. The summed E-state index contributed by atoms with van der Waals surface area (Å²) in [6.07, 6.45) is 1.28. The molecule has 1 fully saturated rings. The molecule has 7 atom stereocenters. The summed E-state index contributed by atoms with van der Waals surface area (Å²) >= 11 is 0. The van der Waals surface area contributed by atoms with E-state index in [1.807, 2.05) is 0 Å². The number of aromatic hydroxyl groups is 2.